The molecule has 1 amide bonds. The van der Waals surface area contributed by atoms with Crippen LogP contribution in [-0.2, 0) is 4.74 Å². The number of ether oxygens (including phenoxy) is 1. The number of hydrogen-bond acceptors (Lipinski definition) is 3. The highest BCUT2D eigenvalue weighted by Crippen LogP contribution is 2.22. The summed E-state index contributed by atoms with van der Waals surface area (Å²) in [7, 11) is 0. The van der Waals surface area contributed by atoms with Crippen LogP contribution in [0.3, 0.4) is 0 Å². The van der Waals surface area contributed by atoms with Crippen LogP contribution >= 0.6 is 11.8 Å². The van der Waals surface area contributed by atoms with E-state index in [1.807, 2.05) is 24.3 Å². The molecule has 1 aromatic rings. The van der Waals surface area contributed by atoms with E-state index in [2.05, 4.69) is 19.2 Å². The van der Waals surface area contributed by atoms with Crippen LogP contribution in [0.4, 0.5) is 0 Å². The second-order valence-corrected chi connectivity index (χ2v) is 6.69. The molecular weight excluding hydrogens is 258 g/mol. The van der Waals surface area contributed by atoms with Gasteiger partial charge in [0, 0.05) is 28.9 Å². The molecule has 104 valence electrons. The first-order valence-corrected chi connectivity index (χ1v) is 7.69. The predicted molar refractivity (Wildman–Crippen MR) is 78.7 cm³/mol. The highest BCUT2D eigenvalue weighted by molar-refractivity contribution is 7.99. The number of carbonyl (C=O) groups is 1. The molecular formula is C15H21NO2S. The summed E-state index contributed by atoms with van der Waals surface area (Å²) in [5.41, 5.74) is 0.714. The molecule has 19 heavy (non-hydrogen) atoms. The van der Waals surface area contributed by atoms with E-state index in [4.69, 9.17) is 4.74 Å². The summed E-state index contributed by atoms with van der Waals surface area (Å²) in [6.45, 7) is 5.75. The summed E-state index contributed by atoms with van der Waals surface area (Å²) >= 11 is 1.80. The Morgan fingerprint density at radius 2 is 2.16 bits per heavy atom. The van der Waals surface area contributed by atoms with Gasteiger partial charge in [0.15, 0.2) is 0 Å². The van der Waals surface area contributed by atoms with Crippen LogP contribution in [-0.4, -0.2) is 30.4 Å². The normalized spacial score (nSPS) is 18.8. The average Bonchev–Trinajstić information content (AvgIpc) is 2.89. The SMILES string of the molecule is CC(C)Sc1ccc(C(=O)NCC2CCCO2)cc1. The van der Waals surface area contributed by atoms with E-state index >= 15 is 0 Å². The minimum atomic E-state index is -0.0170. The van der Waals surface area contributed by atoms with Crippen molar-refractivity contribution < 1.29 is 9.53 Å². The smallest absolute Gasteiger partial charge is 0.251 e. The molecule has 0 aromatic heterocycles. The highest BCUT2D eigenvalue weighted by Gasteiger charge is 2.16. The minimum absolute atomic E-state index is 0.0170. The fourth-order valence-electron chi connectivity index (χ4n) is 2.07. The highest BCUT2D eigenvalue weighted by atomic mass is 32.2. The van der Waals surface area contributed by atoms with Crippen LogP contribution in [0, 0.1) is 0 Å². The quantitative estimate of drug-likeness (QED) is 0.842. The van der Waals surface area contributed by atoms with Crippen molar-refractivity contribution in [3.05, 3.63) is 29.8 Å². The number of amides is 1. The van der Waals surface area contributed by atoms with Crippen molar-refractivity contribution in [2.45, 2.75) is 42.9 Å². The molecule has 0 saturated carbocycles. The maximum absolute atomic E-state index is 12.0. The summed E-state index contributed by atoms with van der Waals surface area (Å²) < 4.78 is 5.48. The van der Waals surface area contributed by atoms with Crippen molar-refractivity contribution in [3.63, 3.8) is 0 Å². The molecule has 0 radical (unpaired) electrons. The first-order valence-electron chi connectivity index (χ1n) is 6.81. The summed E-state index contributed by atoms with van der Waals surface area (Å²) in [5.74, 6) is -0.0170. The van der Waals surface area contributed by atoms with Gasteiger partial charge in [-0.25, -0.2) is 0 Å². The van der Waals surface area contributed by atoms with Gasteiger partial charge in [-0.15, -0.1) is 11.8 Å². The molecule has 1 unspecified atom stereocenters. The van der Waals surface area contributed by atoms with Gasteiger partial charge in [0.25, 0.3) is 5.91 Å². The molecule has 1 aliphatic rings. The molecule has 1 aromatic carbocycles. The zero-order chi connectivity index (χ0) is 13.7. The zero-order valence-electron chi connectivity index (χ0n) is 11.5. The Kier molecular flexibility index (Phi) is 5.28. The lowest BCUT2D eigenvalue weighted by atomic mass is 10.2. The molecule has 1 aliphatic heterocycles. The van der Waals surface area contributed by atoms with Crippen molar-refractivity contribution in [2.75, 3.05) is 13.2 Å². The lowest BCUT2D eigenvalue weighted by Gasteiger charge is -2.11. The third-order valence-corrected chi connectivity index (χ3v) is 4.02. The van der Waals surface area contributed by atoms with E-state index in [0.717, 1.165) is 19.4 Å². The van der Waals surface area contributed by atoms with Crippen LogP contribution in [0.5, 0.6) is 0 Å². The van der Waals surface area contributed by atoms with Crippen LogP contribution in [0.2, 0.25) is 0 Å². The van der Waals surface area contributed by atoms with Gasteiger partial charge in [-0.05, 0) is 37.1 Å². The monoisotopic (exact) mass is 279 g/mol. The van der Waals surface area contributed by atoms with Crippen molar-refractivity contribution in [3.8, 4) is 0 Å². The number of rotatable bonds is 5. The zero-order valence-corrected chi connectivity index (χ0v) is 12.3. The van der Waals surface area contributed by atoms with Gasteiger partial charge < -0.3 is 10.1 Å². The molecule has 0 aliphatic carbocycles. The van der Waals surface area contributed by atoms with E-state index in [0.29, 0.717) is 17.4 Å². The van der Waals surface area contributed by atoms with E-state index in [9.17, 15) is 4.79 Å². The number of hydrogen-bond donors (Lipinski definition) is 1. The van der Waals surface area contributed by atoms with Gasteiger partial charge in [-0.2, -0.15) is 0 Å². The molecule has 4 heteroatoms. The van der Waals surface area contributed by atoms with Crippen molar-refractivity contribution in [1.82, 2.24) is 5.32 Å². The van der Waals surface area contributed by atoms with E-state index < -0.39 is 0 Å². The average molecular weight is 279 g/mol. The van der Waals surface area contributed by atoms with Gasteiger partial charge in [0.2, 0.25) is 0 Å². The molecule has 2 rings (SSSR count). The van der Waals surface area contributed by atoms with Gasteiger partial charge >= 0.3 is 0 Å². The van der Waals surface area contributed by atoms with Gasteiger partial charge in [-0.3, -0.25) is 4.79 Å². The molecule has 1 heterocycles. The second-order valence-electron chi connectivity index (χ2n) is 5.04. The molecule has 1 N–H and O–H groups in total. The maximum atomic E-state index is 12.0. The van der Waals surface area contributed by atoms with E-state index in [1.54, 1.807) is 11.8 Å². The number of nitrogens with one attached hydrogen (secondary N) is 1. The Hall–Kier alpha value is -1.00. The number of thioether (sulfide) groups is 1. The summed E-state index contributed by atoms with van der Waals surface area (Å²) in [6.07, 6.45) is 2.34. The van der Waals surface area contributed by atoms with Crippen molar-refractivity contribution in [1.29, 1.82) is 0 Å². The maximum Gasteiger partial charge on any atom is 0.251 e. The number of benzene rings is 1. The van der Waals surface area contributed by atoms with Crippen LogP contribution < -0.4 is 5.32 Å². The molecule has 1 saturated heterocycles. The van der Waals surface area contributed by atoms with Crippen LogP contribution in [0.1, 0.15) is 37.0 Å². The Bertz CT molecular complexity index is 411. The van der Waals surface area contributed by atoms with E-state index in [1.165, 1.54) is 4.90 Å². The van der Waals surface area contributed by atoms with Crippen LogP contribution in [0.15, 0.2) is 29.2 Å². The largest absolute Gasteiger partial charge is 0.376 e. The summed E-state index contributed by atoms with van der Waals surface area (Å²) in [6, 6.07) is 7.78. The van der Waals surface area contributed by atoms with Crippen molar-refractivity contribution in [2.24, 2.45) is 0 Å². The third-order valence-electron chi connectivity index (χ3n) is 3.00. The minimum Gasteiger partial charge on any atom is -0.376 e. The Labute approximate surface area is 119 Å². The molecule has 1 atom stereocenters. The number of carbonyl (C=O) groups excluding carboxylic acids is 1. The molecule has 1 fully saturated rings. The molecule has 0 spiro atoms. The van der Waals surface area contributed by atoms with E-state index in [-0.39, 0.29) is 12.0 Å². The fraction of sp³-hybridized carbons (Fsp3) is 0.533. The Morgan fingerprint density at radius 3 is 2.74 bits per heavy atom. The Morgan fingerprint density at radius 1 is 1.42 bits per heavy atom. The second kappa shape index (κ2) is 6.96. The molecule has 3 nitrogen and oxygen atoms in total. The van der Waals surface area contributed by atoms with Crippen molar-refractivity contribution >= 4 is 17.7 Å². The van der Waals surface area contributed by atoms with Crippen LogP contribution in [0.25, 0.3) is 0 Å². The fourth-order valence-corrected chi connectivity index (χ4v) is 2.91. The standard InChI is InChI=1S/C15H21NO2S/c1-11(2)19-14-7-5-12(6-8-14)15(17)16-10-13-4-3-9-18-13/h5-8,11,13H,3-4,9-10H2,1-2H3,(H,16,17). The molecule has 0 bridgehead atoms. The van der Waals surface area contributed by atoms with Gasteiger partial charge in [0.05, 0.1) is 6.10 Å². The summed E-state index contributed by atoms with van der Waals surface area (Å²) in [5, 5.41) is 3.49. The third kappa shape index (κ3) is 4.55. The first-order chi connectivity index (χ1) is 9.15. The predicted octanol–water partition coefficient (Wildman–Crippen LogP) is 3.10. The first kappa shape index (κ1) is 14.4. The lowest BCUT2D eigenvalue weighted by Crippen LogP contribution is -2.31. The lowest BCUT2D eigenvalue weighted by molar-refractivity contribution is 0.0857. The summed E-state index contributed by atoms with van der Waals surface area (Å²) in [4.78, 5) is 13.2. The Balaban J connectivity index is 1.84. The van der Waals surface area contributed by atoms with Gasteiger partial charge in [-0.1, -0.05) is 13.8 Å². The van der Waals surface area contributed by atoms with Gasteiger partial charge in [0.1, 0.15) is 0 Å². The topological polar surface area (TPSA) is 38.3 Å².